The number of para-hydroxylation sites is 1. The molecule has 0 bridgehead atoms. The van der Waals surface area contributed by atoms with Crippen LogP contribution in [0.1, 0.15) is 16.1 Å². The van der Waals surface area contributed by atoms with Gasteiger partial charge in [-0.05, 0) is 35.9 Å². The topological polar surface area (TPSA) is 89.2 Å². The molecule has 2 heterocycles. The molecule has 3 aromatic carbocycles. The number of fused-ring (bicyclic) bond motifs is 2. The summed E-state index contributed by atoms with van der Waals surface area (Å²) in [6.07, 6.45) is 2.03. The number of carbonyl (C=O) groups excluding carboxylic acids is 2. The highest BCUT2D eigenvalue weighted by molar-refractivity contribution is 8.00. The molecule has 2 amide bonds. The first-order valence-electron chi connectivity index (χ1n) is 11.3. The van der Waals surface area contributed by atoms with Crippen LogP contribution in [0.3, 0.4) is 0 Å². The number of hydrogen-bond acceptors (Lipinski definition) is 5. The predicted molar refractivity (Wildman–Crippen MR) is 139 cm³/mol. The zero-order valence-corrected chi connectivity index (χ0v) is 20.0. The monoisotopic (exact) mass is 484 g/mol. The van der Waals surface area contributed by atoms with Gasteiger partial charge in [0.05, 0.1) is 5.75 Å². The van der Waals surface area contributed by atoms with E-state index in [1.807, 2.05) is 72.9 Å². The Bertz CT molecular complexity index is 1520. The number of nitrogens with one attached hydrogen (secondary N) is 2. The van der Waals surface area contributed by atoms with Crippen LogP contribution < -0.4 is 10.6 Å². The molecule has 0 saturated carbocycles. The lowest BCUT2D eigenvalue weighted by Gasteiger charge is -2.08. The van der Waals surface area contributed by atoms with Crippen molar-refractivity contribution in [2.24, 2.45) is 0 Å². The summed E-state index contributed by atoms with van der Waals surface area (Å²) in [7, 11) is 0. The van der Waals surface area contributed by atoms with Crippen LogP contribution in [-0.4, -0.2) is 33.8 Å². The van der Waals surface area contributed by atoms with Gasteiger partial charge in [0.15, 0.2) is 5.82 Å². The van der Waals surface area contributed by atoms with Gasteiger partial charge >= 0.3 is 0 Å². The average Bonchev–Trinajstić information content (AvgIpc) is 3.45. The van der Waals surface area contributed by atoms with E-state index in [0.29, 0.717) is 30.2 Å². The smallest absolute Gasteiger partial charge is 0.251 e. The lowest BCUT2D eigenvalue weighted by atomic mass is 10.1. The van der Waals surface area contributed by atoms with Crippen molar-refractivity contribution in [2.75, 3.05) is 17.6 Å². The van der Waals surface area contributed by atoms with Gasteiger partial charge < -0.3 is 19.7 Å². The van der Waals surface area contributed by atoms with Gasteiger partial charge in [0.25, 0.3) is 5.91 Å². The highest BCUT2D eigenvalue weighted by Gasteiger charge is 2.13. The summed E-state index contributed by atoms with van der Waals surface area (Å²) in [5, 5.41) is 12.8. The summed E-state index contributed by atoms with van der Waals surface area (Å²) < 4.78 is 7.09. The molecule has 5 rings (SSSR count). The third-order valence-electron chi connectivity index (χ3n) is 5.66. The van der Waals surface area contributed by atoms with E-state index < -0.39 is 0 Å². The standard InChI is InChI=1S/C27H24N4O3S/c1-18-14-25(30-34-18)29-26(32)17-35-24-16-31(23-9-5-4-8-22(23)24)13-12-28-27(33)21-11-10-19-6-2-3-7-20(19)15-21/h2-11,14-16H,12-13,17H2,1H3,(H,28,33)(H,29,30,32). The third-order valence-corrected chi connectivity index (χ3v) is 6.70. The maximum atomic E-state index is 12.7. The number of hydrogen-bond donors (Lipinski definition) is 2. The molecular weight excluding hydrogens is 460 g/mol. The van der Waals surface area contributed by atoms with Crippen LogP contribution >= 0.6 is 11.8 Å². The van der Waals surface area contributed by atoms with Crippen molar-refractivity contribution in [1.29, 1.82) is 0 Å². The number of rotatable bonds is 8. The largest absolute Gasteiger partial charge is 0.360 e. The molecule has 0 fully saturated rings. The Labute approximate surface area is 206 Å². The molecule has 176 valence electrons. The number of amides is 2. The highest BCUT2D eigenvalue weighted by atomic mass is 32.2. The molecule has 35 heavy (non-hydrogen) atoms. The minimum Gasteiger partial charge on any atom is -0.360 e. The van der Waals surface area contributed by atoms with Gasteiger partial charge in [0.2, 0.25) is 5.91 Å². The predicted octanol–water partition coefficient (Wildman–Crippen LogP) is 5.25. The number of aromatic nitrogens is 2. The summed E-state index contributed by atoms with van der Waals surface area (Å²) in [5.41, 5.74) is 1.70. The third kappa shape index (κ3) is 5.22. The van der Waals surface area contributed by atoms with Crippen molar-refractivity contribution >= 4 is 51.1 Å². The first kappa shape index (κ1) is 22.7. The molecule has 0 aliphatic rings. The summed E-state index contributed by atoms with van der Waals surface area (Å²) in [6, 6.07) is 23.5. The van der Waals surface area contributed by atoms with Crippen LogP contribution in [0.2, 0.25) is 0 Å². The lowest BCUT2D eigenvalue weighted by Crippen LogP contribution is -2.27. The summed E-state index contributed by atoms with van der Waals surface area (Å²) in [5.74, 6) is 1.06. The second-order valence-electron chi connectivity index (χ2n) is 8.18. The number of anilines is 1. The van der Waals surface area contributed by atoms with Crippen LogP contribution in [-0.2, 0) is 11.3 Å². The number of benzene rings is 3. The van der Waals surface area contributed by atoms with Gasteiger partial charge in [-0.2, -0.15) is 0 Å². The minimum atomic E-state index is -0.150. The van der Waals surface area contributed by atoms with Gasteiger partial charge in [0, 0.05) is 46.7 Å². The van der Waals surface area contributed by atoms with Crippen LogP contribution in [0.25, 0.3) is 21.7 Å². The molecule has 0 unspecified atom stereocenters. The summed E-state index contributed by atoms with van der Waals surface area (Å²) in [4.78, 5) is 26.0. The van der Waals surface area contributed by atoms with Gasteiger partial charge in [-0.1, -0.05) is 53.7 Å². The fraction of sp³-hybridized carbons (Fsp3) is 0.148. The molecular formula is C27H24N4O3S. The molecule has 2 N–H and O–H groups in total. The molecule has 8 heteroatoms. The molecule has 7 nitrogen and oxygen atoms in total. The van der Waals surface area contributed by atoms with E-state index in [2.05, 4.69) is 20.4 Å². The fourth-order valence-corrected chi connectivity index (χ4v) is 4.87. The molecule has 0 spiro atoms. The molecule has 0 saturated heterocycles. The Morgan fingerprint density at radius 2 is 1.80 bits per heavy atom. The van der Waals surface area contributed by atoms with Crippen molar-refractivity contribution in [3.63, 3.8) is 0 Å². The van der Waals surface area contributed by atoms with Crippen molar-refractivity contribution < 1.29 is 14.1 Å². The molecule has 2 aromatic heterocycles. The highest BCUT2D eigenvalue weighted by Crippen LogP contribution is 2.30. The van der Waals surface area contributed by atoms with E-state index in [1.54, 1.807) is 13.0 Å². The molecule has 0 aliphatic carbocycles. The van der Waals surface area contributed by atoms with E-state index in [-0.39, 0.29) is 17.6 Å². The maximum absolute atomic E-state index is 12.7. The quantitative estimate of drug-likeness (QED) is 0.294. The molecule has 5 aromatic rings. The number of thioether (sulfide) groups is 1. The van der Waals surface area contributed by atoms with E-state index in [4.69, 9.17) is 4.52 Å². The van der Waals surface area contributed by atoms with Crippen molar-refractivity contribution in [3.05, 3.63) is 90.3 Å². The van der Waals surface area contributed by atoms with Crippen molar-refractivity contribution in [3.8, 4) is 0 Å². The number of aryl methyl sites for hydroxylation is 1. The average molecular weight is 485 g/mol. The number of carbonyl (C=O) groups is 2. The Hall–Kier alpha value is -4.04. The van der Waals surface area contributed by atoms with Crippen molar-refractivity contribution in [2.45, 2.75) is 18.4 Å². The first-order chi connectivity index (χ1) is 17.1. The normalized spacial score (nSPS) is 11.1. The van der Waals surface area contributed by atoms with Crippen LogP contribution in [0.15, 0.2) is 88.4 Å². The zero-order chi connectivity index (χ0) is 24.2. The van der Waals surface area contributed by atoms with Gasteiger partial charge in [0.1, 0.15) is 5.76 Å². The second-order valence-corrected chi connectivity index (χ2v) is 9.20. The lowest BCUT2D eigenvalue weighted by molar-refractivity contribution is -0.113. The zero-order valence-electron chi connectivity index (χ0n) is 19.2. The Kier molecular flexibility index (Phi) is 6.54. The summed E-state index contributed by atoms with van der Waals surface area (Å²) in [6.45, 7) is 2.88. The molecule has 0 aliphatic heterocycles. The first-order valence-corrected chi connectivity index (χ1v) is 12.3. The van der Waals surface area contributed by atoms with Crippen LogP contribution in [0, 0.1) is 6.92 Å². The van der Waals surface area contributed by atoms with Gasteiger partial charge in [-0.3, -0.25) is 9.59 Å². The van der Waals surface area contributed by atoms with Crippen molar-refractivity contribution in [1.82, 2.24) is 15.0 Å². The maximum Gasteiger partial charge on any atom is 0.251 e. The number of nitrogens with zero attached hydrogens (tertiary/aromatic N) is 2. The minimum absolute atomic E-state index is 0.0958. The summed E-state index contributed by atoms with van der Waals surface area (Å²) >= 11 is 1.46. The van der Waals surface area contributed by atoms with E-state index >= 15 is 0 Å². The van der Waals surface area contributed by atoms with E-state index in [1.165, 1.54) is 11.8 Å². The SMILES string of the molecule is Cc1cc(NC(=O)CSc2cn(CCNC(=O)c3ccc4ccccc4c3)c3ccccc23)no1. The van der Waals surface area contributed by atoms with Gasteiger partial charge in [-0.25, -0.2) is 0 Å². The van der Waals surface area contributed by atoms with Crippen LogP contribution in [0.4, 0.5) is 5.82 Å². The fourth-order valence-electron chi connectivity index (χ4n) is 3.98. The van der Waals surface area contributed by atoms with Gasteiger partial charge in [-0.15, -0.1) is 11.8 Å². The Morgan fingerprint density at radius 1 is 1.00 bits per heavy atom. The van der Waals surface area contributed by atoms with E-state index in [9.17, 15) is 9.59 Å². The molecule has 0 radical (unpaired) electrons. The van der Waals surface area contributed by atoms with Crippen LogP contribution in [0.5, 0.6) is 0 Å². The Morgan fingerprint density at radius 3 is 2.63 bits per heavy atom. The second kappa shape index (κ2) is 10.1. The van der Waals surface area contributed by atoms with E-state index in [0.717, 1.165) is 26.6 Å². The molecule has 0 atom stereocenters. The Balaban J connectivity index is 1.22.